The number of ether oxygens (including phenoxy) is 1. The normalized spacial score (nSPS) is 13.1. The van der Waals surface area contributed by atoms with E-state index in [1.54, 1.807) is 30.3 Å². The SMILES string of the molecule is CCNC(=NCCc1ccc(S(C)(=O)=O)cc1)NC(C)c1ccc(OC)c(F)c1. The molecule has 0 fully saturated rings. The monoisotopic (exact) mass is 421 g/mol. The highest BCUT2D eigenvalue weighted by atomic mass is 32.2. The van der Waals surface area contributed by atoms with Crippen molar-refractivity contribution in [3.63, 3.8) is 0 Å². The van der Waals surface area contributed by atoms with Crippen LogP contribution in [0, 0.1) is 5.82 Å². The second-order valence-electron chi connectivity index (χ2n) is 6.69. The summed E-state index contributed by atoms with van der Waals surface area (Å²) >= 11 is 0. The molecular formula is C21H28FN3O3S. The largest absolute Gasteiger partial charge is 0.494 e. The third-order valence-corrected chi connectivity index (χ3v) is 5.52. The summed E-state index contributed by atoms with van der Waals surface area (Å²) in [5, 5.41) is 6.44. The molecular weight excluding hydrogens is 393 g/mol. The molecule has 0 bridgehead atoms. The van der Waals surface area contributed by atoms with Crippen LogP contribution in [-0.2, 0) is 16.3 Å². The molecule has 0 aliphatic rings. The highest BCUT2D eigenvalue weighted by Gasteiger charge is 2.11. The zero-order chi connectivity index (χ0) is 21.4. The molecule has 0 saturated carbocycles. The quantitative estimate of drug-likeness (QED) is 0.506. The lowest BCUT2D eigenvalue weighted by Crippen LogP contribution is -2.38. The standard InChI is InChI=1S/C21H28FN3O3S/c1-5-23-21(25-15(2)17-8-11-20(28-3)19(22)14-17)24-13-12-16-6-9-18(10-7-16)29(4,26)27/h6-11,14-15H,5,12-13H2,1-4H3,(H2,23,24,25). The van der Waals surface area contributed by atoms with Crippen LogP contribution in [0.15, 0.2) is 52.4 Å². The van der Waals surface area contributed by atoms with Gasteiger partial charge in [-0.2, -0.15) is 0 Å². The van der Waals surface area contributed by atoms with Crippen molar-refractivity contribution in [1.82, 2.24) is 10.6 Å². The molecule has 0 amide bonds. The lowest BCUT2D eigenvalue weighted by atomic mass is 10.1. The van der Waals surface area contributed by atoms with Crippen LogP contribution in [0.1, 0.15) is 31.0 Å². The predicted molar refractivity (Wildman–Crippen MR) is 114 cm³/mol. The summed E-state index contributed by atoms with van der Waals surface area (Å²) in [6, 6.07) is 11.5. The lowest BCUT2D eigenvalue weighted by molar-refractivity contribution is 0.386. The molecule has 2 N–H and O–H groups in total. The van der Waals surface area contributed by atoms with Crippen molar-refractivity contribution in [3.8, 4) is 5.75 Å². The topological polar surface area (TPSA) is 79.8 Å². The number of hydrogen-bond acceptors (Lipinski definition) is 4. The second kappa shape index (κ2) is 10.2. The Balaban J connectivity index is 2.01. The Hall–Kier alpha value is -2.61. The van der Waals surface area contributed by atoms with Gasteiger partial charge >= 0.3 is 0 Å². The minimum absolute atomic E-state index is 0.151. The smallest absolute Gasteiger partial charge is 0.191 e. The van der Waals surface area contributed by atoms with E-state index < -0.39 is 15.7 Å². The number of benzene rings is 2. The summed E-state index contributed by atoms with van der Waals surface area (Å²) in [6.07, 6.45) is 1.86. The zero-order valence-corrected chi connectivity index (χ0v) is 18.0. The Morgan fingerprint density at radius 2 is 1.90 bits per heavy atom. The summed E-state index contributed by atoms with van der Waals surface area (Å²) in [5.74, 6) is 0.436. The van der Waals surface area contributed by atoms with Gasteiger partial charge in [0, 0.05) is 19.3 Å². The highest BCUT2D eigenvalue weighted by Crippen LogP contribution is 2.21. The molecule has 0 spiro atoms. The number of nitrogens with one attached hydrogen (secondary N) is 2. The molecule has 0 saturated heterocycles. The van der Waals surface area contributed by atoms with Crippen LogP contribution in [0.25, 0.3) is 0 Å². The van der Waals surface area contributed by atoms with Crippen molar-refractivity contribution in [3.05, 3.63) is 59.4 Å². The fraction of sp³-hybridized carbons (Fsp3) is 0.381. The number of rotatable bonds is 8. The third kappa shape index (κ3) is 6.74. The molecule has 0 heterocycles. The maximum atomic E-state index is 14.0. The van der Waals surface area contributed by atoms with Gasteiger partial charge in [0.1, 0.15) is 0 Å². The molecule has 2 rings (SSSR count). The van der Waals surface area contributed by atoms with E-state index >= 15 is 0 Å². The maximum absolute atomic E-state index is 14.0. The van der Waals surface area contributed by atoms with Crippen molar-refractivity contribution in [1.29, 1.82) is 0 Å². The van der Waals surface area contributed by atoms with E-state index in [0.29, 0.717) is 30.4 Å². The van der Waals surface area contributed by atoms with Gasteiger partial charge in [-0.15, -0.1) is 0 Å². The number of guanidine groups is 1. The van der Waals surface area contributed by atoms with Crippen LogP contribution in [0.4, 0.5) is 4.39 Å². The van der Waals surface area contributed by atoms with E-state index in [1.807, 2.05) is 19.9 Å². The fourth-order valence-electron chi connectivity index (χ4n) is 2.76. The van der Waals surface area contributed by atoms with Gasteiger partial charge in [0.25, 0.3) is 0 Å². The summed E-state index contributed by atoms with van der Waals surface area (Å²) in [7, 11) is -1.76. The van der Waals surface area contributed by atoms with Gasteiger partial charge in [-0.1, -0.05) is 18.2 Å². The number of nitrogens with zero attached hydrogens (tertiary/aromatic N) is 1. The van der Waals surface area contributed by atoms with Gasteiger partial charge in [-0.3, -0.25) is 4.99 Å². The Labute approximate surface area is 172 Å². The maximum Gasteiger partial charge on any atom is 0.191 e. The number of aliphatic imine (C=N–C) groups is 1. The first kappa shape index (κ1) is 22.7. The summed E-state index contributed by atoms with van der Waals surface area (Å²) in [6.45, 7) is 5.12. The van der Waals surface area contributed by atoms with Gasteiger partial charge in [0.15, 0.2) is 27.4 Å². The number of halogens is 1. The van der Waals surface area contributed by atoms with Crippen molar-refractivity contribution >= 4 is 15.8 Å². The number of hydrogen-bond donors (Lipinski definition) is 2. The predicted octanol–water partition coefficient (Wildman–Crippen LogP) is 3.10. The molecule has 0 aliphatic carbocycles. The van der Waals surface area contributed by atoms with Crippen LogP contribution in [-0.4, -0.2) is 40.8 Å². The molecule has 2 aromatic carbocycles. The Bertz CT molecular complexity index is 944. The number of methoxy groups -OCH3 is 1. The summed E-state index contributed by atoms with van der Waals surface area (Å²) in [5.41, 5.74) is 1.78. The van der Waals surface area contributed by atoms with Crippen molar-refractivity contribution in [2.75, 3.05) is 26.5 Å². The van der Waals surface area contributed by atoms with Crippen LogP contribution in [0.5, 0.6) is 5.75 Å². The van der Waals surface area contributed by atoms with E-state index in [1.165, 1.54) is 19.4 Å². The van der Waals surface area contributed by atoms with E-state index in [0.717, 1.165) is 11.1 Å². The highest BCUT2D eigenvalue weighted by molar-refractivity contribution is 7.90. The molecule has 0 radical (unpaired) electrons. The van der Waals surface area contributed by atoms with E-state index in [-0.39, 0.29) is 11.8 Å². The lowest BCUT2D eigenvalue weighted by Gasteiger charge is -2.18. The van der Waals surface area contributed by atoms with E-state index in [2.05, 4.69) is 15.6 Å². The molecule has 8 heteroatoms. The van der Waals surface area contributed by atoms with Gasteiger partial charge in [0.05, 0.1) is 18.0 Å². The van der Waals surface area contributed by atoms with Crippen LogP contribution >= 0.6 is 0 Å². The van der Waals surface area contributed by atoms with Crippen LogP contribution in [0.2, 0.25) is 0 Å². The molecule has 0 aliphatic heterocycles. The van der Waals surface area contributed by atoms with Crippen molar-refractivity contribution in [2.45, 2.75) is 31.2 Å². The third-order valence-electron chi connectivity index (χ3n) is 4.40. The van der Waals surface area contributed by atoms with E-state index in [4.69, 9.17) is 4.74 Å². The average Bonchev–Trinajstić information content (AvgIpc) is 2.67. The molecule has 158 valence electrons. The van der Waals surface area contributed by atoms with E-state index in [9.17, 15) is 12.8 Å². The number of sulfone groups is 1. The minimum Gasteiger partial charge on any atom is -0.494 e. The first-order valence-electron chi connectivity index (χ1n) is 9.42. The van der Waals surface area contributed by atoms with Gasteiger partial charge in [-0.05, 0) is 55.7 Å². The molecule has 2 aromatic rings. The average molecular weight is 422 g/mol. The second-order valence-corrected chi connectivity index (χ2v) is 8.70. The Kier molecular flexibility index (Phi) is 8.01. The molecule has 6 nitrogen and oxygen atoms in total. The minimum atomic E-state index is -3.19. The van der Waals surface area contributed by atoms with Crippen LogP contribution in [0.3, 0.4) is 0 Å². The zero-order valence-electron chi connectivity index (χ0n) is 17.2. The molecule has 1 atom stereocenters. The van der Waals surface area contributed by atoms with Crippen molar-refractivity contribution < 1.29 is 17.5 Å². The molecule has 29 heavy (non-hydrogen) atoms. The fourth-order valence-corrected chi connectivity index (χ4v) is 3.39. The van der Waals surface area contributed by atoms with Crippen LogP contribution < -0.4 is 15.4 Å². The summed E-state index contributed by atoms with van der Waals surface area (Å²) in [4.78, 5) is 4.87. The Morgan fingerprint density at radius 1 is 1.21 bits per heavy atom. The first-order valence-corrected chi connectivity index (χ1v) is 11.3. The summed E-state index contributed by atoms with van der Waals surface area (Å²) < 4.78 is 42.0. The Morgan fingerprint density at radius 3 is 2.45 bits per heavy atom. The molecule has 1 unspecified atom stereocenters. The van der Waals surface area contributed by atoms with Gasteiger partial charge in [0.2, 0.25) is 0 Å². The van der Waals surface area contributed by atoms with Crippen molar-refractivity contribution in [2.24, 2.45) is 4.99 Å². The van der Waals surface area contributed by atoms with Gasteiger partial charge in [-0.25, -0.2) is 12.8 Å². The van der Waals surface area contributed by atoms with Gasteiger partial charge < -0.3 is 15.4 Å². The molecule has 0 aromatic heterocycles. The first-order chi connectivity index (χ1) is 13.7.